The highest BCUT2D eigenvalue weighted by atomic mass is 19.4. The molecule has 1 unspecified atom stereocenters. The van der Waals surface area contributed by atoms with Gasteiger partial charge in [0.25, 0.3) is 0 Å². The molecule has 1 aliphatic rings. The molecule has 0 aromatic carbocycles. The van der Waals surface area contributed by atoms with E-state index in [0.29, 0.717) is 32.7 Å². The van der Waals surface area contributed by atoms with Crippen LogP contribution in [0.15, 0.2) is 0 Å². The number of hydrogen-bond donors (Lipinski definition) is 0. The maximum atomic E-state index is 12.2. The van der Waals surface area contributed by atoms with Gasteiger partial charge in [0.1, 0.15) is 0 Å². The summed E-state index contributed by atoms with van der Waals surface area (Å²) >= 11 is 0. The van der Waals surface area contributed by atoms with Crippen molar-refractivity contribution in [2.24, 2.45) is 0 Å². The normalized spacial score (nSPS) is 21.6. The predicted molar refractivity (Wildman–Crippen MR) is 61.4 cm³/mol. The van der Waals surface area contributed by atoms with E-state index in [9.17, 15) is 18.0 Å². The van der Waals surface area contributed by atoms with E-state index in [-0.39, 0.29) is 5.78 Å². The number of hydrogen-bond acceptors (Lipinski definition) is 3. The second-order valence-corrected chi connectivity index (χ2v) is 4.77. The number of carbonyl (C=O) groups excluding carboxylic acids is 1. The van der Waals surface area contributed by atoms with Crippen molar-refractivity contribution in [1.29, 1.82) is 0 Å². The van der Waals surface area contributed by atoms with Crippen LogP contribution in [0.5, 0.6) is 0 Å². The number of morpholine rings is 1. The third-order valence-electron chi connectivity index (χ3n) is 3.63. The van der Waals surface area contributed by atoms with Gasteiger partial charge in [-0.15, -0.1) is 0 Å². The number of nitrogens with zero attached hydrogens (tertiary/aromatic N) is 1. The minimum atomic E-state index is -4.27. The molecule has 0 spiro atoms. The topological polar surface area (TPSA) is 29.5 Å². The summed E-state index contributed by atoms with van der Waals surface area (Å²) in [6, 6.07) is 0. The molecule has 1 heterocycles. The molecular weight excluding hydrogens is 247 g/mol. The number of ketones is 1. The van der Waals surface area contributed by atoms with Gasteiger partial charge in [0.2, 0.25) is 0 Å². The number of halogens is 3. The van der Waals surface area contributed by atoms with Gasteiger partial charge < -0.3 is 4.74 Å². The van der Waals surface area contributed by atoms with Gasteiger partial charge in [-0.1, -0.05) is 6.92 Å². The number of ether oxygens (including phenoxy) is 1. The average molecular weight is 267 g/mol. The van der Waals surface area contributed by atoms with Crippen molar-refractivity contribution in [1.82, 2.24) is 4.90 Å². The minimum Gasteiger partial charge on any atom is -0.379 e. The van der Waals surface area contributed by atoms with Crippen molar-refractivity contribution in [3.05, 3.63) is 0 Å². The molecule has 0 bridgehead atoms. The largest absolute Gasteiger partial charge is 0.389 e. The van der Waals surface area contributed by atoms with E-state index >= 15 is 0 Å². The highest BCUT2D eigenvalue weighted by molar-refractivity contribution is 5.88. The zero-order valence-corrected chi connectivity index (χ0v) is 10.8. The summed E-state index contributed by atoms with van der Waals surface area (Å²) in [5, 5.41) is 0. The van der Waals surface area contributed by atoms with E-state index in [1.54, 1.807) is 6.92 Å². The fourth-order valence-corrected chi connectivity index (χ4v) is 2.18. The quantitative estimate of drug-likeness (QED) is 0.766. The third-order valence-corrected chi connectivity index (χ3v) is 3.63. The van der Waals surface area contributed by atoms with Gasteiger partial charge in [-0.25, -0.2) is 0 Å². The van der Waals surface area contributed by atoms with Gasteiger partial charge in [0, 0.05) is 19.5 Å². The van der Waals surface area contributed by atoms with Crippen molar-refractivity contribution in [3.8, 4) is 0 Å². The first-order valence-corrected chi connectivity index (χ1v) is 6.22. The lowest BCUT2D eigenvalue weighted by Gasteiger charge is -2.41. The number of carbonyl (C=O) groups is 1. The maximum Gasteiger partial charge on any atom is 0.389 e. The highest BCUT2D eigenvalue weighted by Gasteiger charge is 2.39. The van der Waals surface area contributed by atoms with E-state index in [1.807, 2.05) is 11.8 Å². The van der Waals surface area contributed by atoms with Gasteiger partial charge >= 0.3 is 6.18 Å². The van der Waals surface area contributed by atoms with Crippen molar-refractivity contribution in [2.75, 3.05) is 26.3 Å². The molecular formula is C12H20F3NO2. The summed E-state index contributed by atoms with van der Waals surface area (Å²) in [5.41, 5.74) is -0.797. The molecule has 0 saturated carbocycles. The number of rotatable bonds is 5. The van der Waals surface area contributed by atoms with Crippen LogP contribution in [-0.2, 0) is 9.53 Å². The zero-order valence-electron chi connectivity index (χ0n) is 10.8. The van der Waals surface area contributed by atoms with E-state index < -0.39 is 24.6 Å². The van der Waals surface area contributed by atoms with Gasteiger partial charge in [-0.05, 0) is 13.3 Å². The smallest absolute Gasteiger partial charge is 0.379 e. The third kappa shape index (κ3) is 3.95. The van der Waals surface area contributed by atoms with Gasteiger partial charge in [0.05, 0.1) is 25.2 Å². The Bertz CT molecular complexity index is 288. The molecule has 0 radical (unpaired) electrons. The van der Waals surface area contributed by atoms with Crippen LogP contribution in [0.25, 0.3) is 0 Å². The van der Waals surface area contributed by atoms with Crippen LogP contribution in [-0.4, -0.2) is 48.7 Å². The summed E-state index contributed by atoms with van der Waals surface area (Å²) in [7, 11) is 0. The molecule has 0 N–H and O–H groups in total. The molecule has 1 atom stereocenters. The standard InChI is InChI=1S/C12H20F3NO2/c1-3-11(2,16-6-8-18-9-7-16)10(17)4-5-12(13,14)15/h3-9H2,1-2H3. The Morgan fingerprint density at radius 2 is 1.83 bits per heavy atom. The second-order valence-electron chi connectivity index (χ2n) is 4.77. The summed E-state index contributed by atoms with van der Waals surface area (Å²) in [5.74, 6) is -0.329. The summed E-state index contributed by atoms with van der Waals surface area (Å²) in [6.07, 6.45) is -5.23. The first-order valence-electron chi connectivity index (χ1n) is 6.22. The minimum absolute atomic E-state index is 0.329. The summed E-state index contributed by atoms with van der Waals surface area (Å²) in [4.78, 5) is 14.0. The Morgan fingerprint density at radius 1 is 1.28 bits per heavy atom. The van der Waals surface area contributed by atoms with Crippen LogP contribution in [0.3, 0.4) is 0 Å². The molecule has 1 aliphatic heterocycles. The first-order chi connectivity index (χ1) is 8.29. The van der Waals surface area contributed by atoms with Crippen molar-refractivity contribution in [3.63, 3.8) is 0 Å². The SMILES string of the molecule is CCC(C)(C(=O)CCC(F)(F)F)N1CCOCC1. The number of alkyl halides is 3. The lowest BCUT2D eigenvalue weighted by atomic mass is 9.88. The van der Waals surface area contributed by atoms with Gasteiger partial charge in [0.15, 0.2) is 5.78 Å². The highest BCUT2D eigenvalue weighted by Crippen LogP contribution is 2.28. The monoisotopic (exact) mass is 267 g/mol. The molecule has 0 aliphatic carbocycles. The van der Waals surface area contributed by atoms with E-state index in [1.165, 1.54) is 0 Å². The predicted octanol–water partition coefficient (Wildman–Crippen LogP) is 2.40. The van der Waals surface area contributed by atoms with Crippen LogP contribution in [0.2, 0.25) is 0 Å². The fraction of sp³-hybridized carbons (Fsp3) is 0.917. The Balaban J connectivity index is 2.64. The zero-order chi connectivity index (χ0) is 13.8. The molecule has 1 saturated heterocycles. The second kappa shape index (κ2) is 6.02. The van der Waals surface area contributed by atoms with Crippen LogP contribution in [0.4, 0.5) is 13.2 Å². The molecule has 18 heavy (non-hydrogen) atoms. The Labute approximate surface area is 105 Å². The summed E-state index contributed by atoms with van der Waals surface area (Å²) < 4.78 is 41.7. The Morgan fingerprint density at radius 3 is 2.28 bits per heavy atom. The van der Waals surface area contributed by atoms with Crippen LogP contribution in [0.1, 0.15) is 33.1 Å². The molecule has 0 amide bonds. The van der Waals surface area contributed by atoms with E-state index in [0.717, 1.165) is 0 Å². The molecule has 0 aromatic heterocycles. The lowest BCUT2D eigenvalue weighted by Crippen LogP contribution is -2.56. The van der Waals surface area contributed by atoms with Crippen molar-refractivity contribution < 1.29 is 22.7 Å². The average Bonchev–Trinajstić information content (AvgIpc) is 2.35. The molecule has 1 fully saturated rings. The first kappa shape index (κ1) is 15.4. The van der Waals surface area contributed by atoms with Crippen LogP contribution >= 0.6 is 0 Å². The van der Waals surface area contributed by atoms with Gasteiger partial charge in [-0.3, -0.25) is 9.69 Å². The molecule has 3 nitrogen and oxygen atoms in total. The number of Topliss-reactive ketones (excluding diaryl/α,β-unsaturated/α-hetero) is 1. The van der Waals surface area contributed by atoms with Crippen LogP contribution in [0, 0.1) is 0 Å². The maximum absolute atomic E-state index is 12.2. The molecule has 1 rings (SSSR count). The fourth-order valence-electron chi connectivity index (χ4n) is 2.18. The lowest BCUT2D eigenvalue weighted by molar-refractivity contribution is -0.150. The van der Waals surface area contributed by atoms with Crippen molar-refractivity contribution in [2.45, 2.75) is 44.8 Å². The van der Waals surface area contributed by atoms with Crippen LogP contribution < -0.4 is 0 Å². The van der Waals surface area contributed by atoms with Gasteiger partial charge in [-0.2, -0.15) is 13.2 Å². The Kier molecular flexibility index (Phi) is 5.16. The molecule has 6 heteroatoms. The van der Waals surface area contributed by atoms with E-state index in [2.05, 4.69) is 0 Å². The molecule has 0 aromatic rings. The molecule has 106 valence electrons. The summed E-state index contributed by atoms with van der Waals surface area (Å²) in [6.45, 7) is 5.83. The van der Waals surface area contributed by atoms with Crippen molar-refractivity contribution >= 4 is 5.78 Å². The van der Waals surface area contributed by atoms with E-state index in [4.69, 9.17) is 4.74 Å². The Hall–Kier alpha value is -0.620.